The smallest absolute Gasteiger partial charge is 0.263 e. The minimum Gasteiger partial charge on any atom is -0.392 e. The van der Waals surface area contributed by atoms with Gasteiger partial charge in [-0.15, -0.1) is 0 Å². The summed E-state index contributed by atoms with van der Waals surface area (Å²) >= 11 is 5.93. The molecule has 2 aromatic rings. The Morgan fingerprint density at radius 2 is 2.10 bits per heavy atom. The van der Waals surface area contributed by atoms with Gasteiger partial charge in [0.1, 0.15) is 4.90 Å². The molecular weight excluding hydrogens is 300 g/mol. The van der Waals surface area contributed by atoms with E-state index in [0.29, 0.717) is 16.9 Å². The molecule has 0 aliphatic rings. The number of nitrogens with zero attached hydrogens (tertiary/aromatic N) is 1. The van der Waals surface area contributed by atoms with Crippen LogP contribution in [0.1, 0.15) is 11.3 Å². The Hall–Kier alpha value is -1.63. The van der Waals surface area contributed by atoms with E-state index in [1.165, 1.54) is 12.1 Å². The van der Waals surface area contributed by atoms with Crippen LogP contribution in [0, 0.1) is 6.92 Å². The van der Waals surface area contributed by atoms with Gasteiger partial charge in [-0.1, -0.05) is 17.7 Å². The molecule has 0 aliphatic carbocycles. The monoisotopic (exact) mass is 312 g/mol. The molecule has 106 valence electrons. The van der Waals surface area contributed by atoms with E-state index in [4.69, 9.17) is 16.7 Å². The number of benzene rings is 1. The van der Waals surface area contributed by atoms with Gasteiger partial charge in [0.05, 0.1) is 23.0 Å². The van der Waals surface area contributed by atoms with Crippen molar-refractivity contribution in [2.75, 3.05) is 4.72 Å². The molecule has 0 amide bonds. The van der Waals surface area contributed by atoms with Crippen LogP contribution in [-0.2, 0) is 16.6 Å². The zero-order chi connectivity index (χ0) is 14.8. The Bertz CT molecular complexity index is 732. The number of aliphatic hydroxyl groups excluding tert-OH is 1. The second-order valence-corrected chi connectivity index (χ2v) is 6.22. The number of hydrogen-bond acceptors (Lipinski definition) is 4. The molecule has 0 aliphatic heterocycles. The van der Waals surface area contributed by atoms with Crippen molar-refractivity contribution in [3.8, 4) is 0 Å². The second-order valence-electron chi connectivity index (χ2n) is 4.16. The molecule has 0 bridgehead atoms. The van der Waals surface area contributed by atoms with Crippen LogP contribution >= 0.6 is 11.6 Å². The SMILES string of the molecule is Cc1ncccc1NS(=O)(=O)c1cc(CO)ccc1Cl. The molecule has 0 atom stereocenters. The molecule has 1 heterocycles. The first-order chi connectivity index (χ1) is 9.44. The Morgan fingerprint density at radius 1 is 1.35 bits per heavy atom. The number of anilines is 1. The fourth-order valence-corrected chi connectivity index (χ4v) is 3.31. The number of hydrogen-bond donors (Lipinski definition) is 2. The predicted molar refractivity (Wildman–Crippen MR) is 77.2 cm³/mol. The number of aliphatic hydroxyl groups is 1. The summed E-state index contributed by atoms with van der Waals surface area (Å²) in [6.07, 6.45) is 1.58. The Labute approximate surface area is 122 Å². The average Bonchev–Trinajstić information content (AvgIpc) is 2.41. The lowest BCUT2D eigenvalue weighted by molar-refractivity contribution is 0.281. The van der Waals surface area contributed by atoms with Crippen molar-refractivity contribution in [1.29, 1.82) is 0 Å². The highest BCUT2D eigenvalue weighted by atomic mass is 35.5. The van der Waals surface area contributed by atoms with Gasteiger partial charge in [-0.25, -0.2) is 8.42 Å². The van der Waals surface area contributed by atoms with Gasteiger partial charge in [0.15, 0.2) is 0 Å². The summed E-state index contributed by atoms with van der Waals surface area (Å²) in [6, 6.07) is 7.60. The molecule has 0 saturated carbocycles. The molecule has 0 radical (unpaired) electrons. The molecule has 7 heteroatoms. The molecule has 1 aromatic heterocycles. The number of sulfonamides is 1. The molecule has 2 rings (SSSR count). The van der Waals surface area contributed by atoms with E-state index < -0.39 is 10.0 Å². The molecular formula is C13H13ClN2O3S. The van der Waals surface area contributed by atoms with Crippen LogP contribution in [0.4, 0.5) is 5.69 Å². The van der Waals surface area contributed by atoms with Crippen molar-refractivity contribution in [3.63, 3.8) is 0 Å². The lowest BCUT2D eigenvalue weighted by atomic mass is 10.2. The molecule has 1 aromatic carbocycles. The van der Waals surface area contributed by atoms with E-state index in [1.807, 2.05) is 0 Å². The normalized spacial score (nSPS) is 11.3. The number of nitrogens with one attached hydrogen (secondary N) is 1. The van der Waals surface area contributed by atoms with Crippen LogP contribution in [0.5, 0.6) is 0 Å². The number of rotatable bonds is 4. The van der Waals surface area contributed by atoms with Crippen molar-refractivity contribution in [2.24, 2.45) is 0 Å². The fraction of sp³-hybridized carbons (Fsp3) is 0.154. The van der Waals surface area contributed by atoms with E-state index in [0.717, 1.165) is 0 Å². The Balaban J connectivity index is 2.43. The highest BCUT2D eigenvalue weighted by molar-refractivity contribution is 7.92. The summed E-state index contributed by atoms with van der Waals surface area (Å²) in [5.74, 6) is 0. The fourth-order valence-electron chi connectivity index (χ4n) is 1.64. The van der Waals surface area contributed by atoms with Gasteiger partial charge in [0, 0.05) is 6.20 Å². The van der Waals surface area contributed by atoms with Crippen LogP contribution in [0.3, 0.4) is 0 Å². The topological polar surface area (TPSA) is 79.3 Å². The number of pyridine rings is 1. The standard InChI is InChI=1S/C13H13ClN2O3S/c1-9-12(3-2-6-15-9)16-20(18,19)13-7-10(8-17)4-5-11(13)14/h2-7,16-17H,8H2,1H3. The minimum atomic E-state index is -3.83. The van der Waals surface area contributed by atoms with Gasteiger partial charge in [-0.2, -0.15) is 0 Å². The van der Waals surface area contributed by atoms with Crippen LogP contribution in [0.2, 0.25) is 5.02 Å². The van der Waals surface area contributed by atoms with Crippen molar-refractivity contribution >= 4 is 27.3 Å². The zero-order valence-electron chi connectivity index (χ0n) is 10.7. The van der Waals surface area contributed by atoms with Crippen LogP contribution in [0.15, 0.2) is 41.4 Å². The van der Waals surface area contributed by atoms with Gasteiger partial charge in [0.25, 0.3) is 10.0 Å². The summed E-state index contributed by atoms with van der Waals surface area (Å²) in [5.41, 5.74) is 1.42. The van der Waals surface area contributed by atoms with Crippen molar-refractivity contribution in [1.82, 2.24) is 4.98 Å². The van der Waals surface area contributed by atoms with E-state index in [2.05, 4.69) is 9.71 Å². The first-order valence-electron chi connectivity index (χ1n) is 5.78. The number of halogens is 1. The molecule has 0 fully saturated rings. The maximum Gasteiger partial charge on any atom is 0.263 e. The molecule has 20 heavy (non-hydrogen) atoms. The maximum atomic E-state index is 12.3. The predicted octanol–water partition coefficient (Wildman–Crippen LogP) is 2.34. The Morgan fingerprint density at radius 3 is 2.75 bits per heavy atom. The van der Waals surface area contributed by atoms with Crippen LogP contribution in [-0.4, -0.2) is 18.5 Å². The van der Waals surface area contributed by atoms with Crippen molar-refractivity contribution in [2.45, 2.75) is 18.4 Å². The largest absolute Gasteiger partial charge is 0.392 e. The number of aryl methyl sites for hydroxylation is 1. The summed E-state index contributed by atoms with van der Waals surface area (Å²) < 4.78 is 27.1. The highest BCUT2D eigenvalue weighted by Crippen LogP contribution is 2.25. The van der Waals surface area contributed by atoms with E-state index in [9.17, 15) is 8.42 Å². The number of aromatic nitrogens is 1. The third-order valence-electron chi connectivity index (χ3n) is 2.72. The molecule has 0 spiro atoms. The molecule has 5 nitrogen and oxygen atoms in total. The minimum absolute atomic E-state index is 0.0750. The quantitative estimate of drug-likeness (QED) is 0.908. The maximum absolute atomic E-state index is 12.3. The average molecular weight is 313 g/mol. The summed E-state index contributed by atoms with van der Waals surface area (Å²) in [4.78, 5) is 3.94. The van der Waals surface area contributed by atoms with Crippen LogP contribution < -0.4 is 4.72 Å². The van der Waals surface area contributed by atoms with Gasteiger partial charge in [0.2, 0.25) is 0 Å². The second kappa shape index (κ2) is 5.78. The third kappa shape index (κ3) is 3.09. The first-order valence-corrected chi connectivity index (χ1v) is 7.64. The molecule has 0 saturated heterocycles. The van der Waals surface area contributed by atoms with Gasteiger partial charge in [-0.05, 0) is 36.8 Å². The summed E-state index contributed by atoms with van der Waals surface area (Å²) in [5, 5.41) is 9.18. The van der Waals surface area contributed by atoms with Gasteiger partial charge >= 0.3 is 0 Å². The lowest BCUT2D eigenvalue weighted by Crippen LogP contribution is -2.15. The molecule has 0 unspecified atom stereocenters. The lowest BCUT2D eigenvalue weighted by Gasteiger charge is -2.11. The van der Waals surface area contributed by atoms with Gasteiger partial charge < -0.3 is 5.11 Å². The third-order valence-corrected chi connectivity index (χ3v) is 4.57. The first kappa shape index (κ1) is 14.8. The molecule has 2 N–H and O–H groups in total. The van der Waals surface area contributed by atoms with Crippen molar-refractivity contribution in [3.05, 3.63) is 52.8 Å². The van der Waals surface area contributed by atoms with E-state index >= 15 is 0 Å². The zero-order valence-corrected chi connectivity index (χ0v) is 12.2. The van der Waals surface area contributed by atoms with E-state index in [-0.39, 0.29) is 16.5 Å². The van der Waals surface area contributed by atoms with Gasteiger partial charge in [-0.3, -0.25) is 9.71 Å². The summed E-state index contributed by atoms with van der Waals surface area (Å²) in [7, 11) is -3.83. The van der Waals surface area contributed by atoms with E-state index in [1.54, 1.807) is 31.3 Å². The Kier molecular flexibility index (Phi) is 4.27. The van der Waals surface area contributed by atoms with Crippen molar-refractivity contribution < 1.29 is 13.5 Å². The van der Waals surface area contributed by atoms with Crippen LogP contribution in [0.25, 0.3) is 0 Å². The summed E-state index contributed by atoms with van der Waals surface area (Å²) in [6.45, 7) is 1.44. The highest BCUT2D eigenvalue weighted by Gasteiger charge is 2.19.